The van der Waals surface area contributed by atoms with Crippen molar-refractivity contribution in [1.29, 1.82) is 0 Å². The Bertz CT molecular complexity index is 913. The molecule has 0 saturated heterocycles. The van der Waals surface area contributed by atoms with Crippen LogP contribution in [-0.4, -0.2) is 15.7 Å². The molecule has 0 aliphatic rings. The molecule has 5 heteroatoms. The van der Waals surface area contributed by atoms with E-state index in [9.17, 15) is 4.79 Å². The second-order valence-corrected chi connectivity index (χ2v) is 6.98. The molecule has 0 fully saturated rings. The predicted octanol–water partition coefficient (Wildman–Crippen LogP) is 4.87. The standard InChI is InChI=1S/C20H20BrN3O/c1-13-8-10-16(11-9-13)12-24-15(3)19(14(2)23-24)22-20(25)17-6-4-5-7-18(17)21/h4-11H,12H2,1-3H3,(H,22,25). The molecule has 4 nitrogen and oxygen atoms in total. The van der Waals surface area contributed by atoms with E-state index in [-0.39, 0.29) is 5.91 Å². The van der Waals surface area contributed by atoms with Crippen LogP contribution >= 0.6 is 15.9 Å². The van der Waals surface area contributed by atoms with Gasteiger partial charge in [-0.3, -0.25) is 9.48 Å². The van der Waals surface area contributed by atoms with Crippen molar-refractivity contribution in [2.75, 3.05) is 5.32 Å². The van der Waals surface area contributed by atoms with Crippen molar-refractivity contribution >= 4 is 27.5 Å². The van der Waals surface area contributed by atoms with Crippen molar-refractivity contribution in [2.45, 2.75) is 27.3 Å². The first-order valence-corrected chi connectivity index (χ1v) is 8.90. The van der Waals surface area contributed by atoms with Gasteiger partial charge in [0, 0.05) is 4.47 Å². The first-order valence-electron chi connectivity index (χ1n) is 8.11. The molecule has 1 amide bonds. The van der Waals surface area contributed by atoms with Crippen molar-refractivity contribution in [3.05, 3.63) is 81.1 Å². The van der Waals surface area contributed by atoms with Crippen molar-refractivity contribution in [3.8, 4) is 0 Å². The number of hydrogen-bond donors (Lipinski definition) is 1. The van der Waals surface area contributed by atoms with Gasteiger partial charge in [0.1, 0.15) is 0 Å². The van der Waals surface area contributed by atoms with Gasteiger partial charge in [0.15, 0.2) is 0 Å². The Labute approximate surface area is 156 Å². The van der Waals surface area contributed by atoms with Crippen LogP contribution in [0.2, 0.25) is 0 Å². The monoisotopic (exact) mass is 397 g/mol. The fourth-order valence-corrected chi connectivity index (χ4v) is 3.19. The van der Waals surface area contributed by atoms with Crippen LogP contribution in [0.3, 0.4) is 0 Å². The summed E-state index contributed by atoms with van der Waals surface area (Å²) < 4.78 is 2.70. The molecule has 1 N–H and O–H groups in total. The van der Waals surface area contributed by atoms with Gasteiger partial charge in [-0.1, -0.05) is 42.0 Å². The van der Waals surface area contributed by atoms with Crippen molar-refractivity contribution in [1.82, 2.24) is 9.78 Å². The van der Waals surface area contributed by atoms with Crippen molar-refractivity contribution in [3.63, 3.8) is 0 Å². The number of halogens is 1. The third-order valence-electron chi connectivity index (χ3n) is 4.19. The van der Waals surface area contributed by atoms with Crippen LogP contribution in [0, 0.1) is 20.8 Å². The van der Waals surface area contributed by atoms with Crippen LogP contribution in [-0.2, 0) is 6.54 Å². The van der Waals surface area contributed by atoms with E-state index in [0.29, 0.717) is 12.1 Å². The quantitative estimate of drug-likeness (QED) is 0.682. The van der Waals surface area contributed by atoms with E-state index >= 15 is 0 Å². The molecule has 3 aromatic rings. The topological polar surface area (TPSA) is 46.9 Å². The summed E-state index contributed by atoms with van der Waals surface area (Å²) in [6, 6.07) is 15.8. The zero-order valence-corrected chi connectivity index (χ0v) is 16.1. The summed E-state index contributed by atoms with van der Waals surface area (Å²) in [5, 5.41) is 7.59. The van der Waals surface area contributed by atoms with Crippen LogP contribution < -0.4 is 5.32 Å². The maximum absolute atomic E-state index is 12.6. The van der Waals surface area contributed by atoms with Gasteiger partial charge in [-0.25, -0.2) is 0 Å². The fraction of sp³-hybridized carbons (Fsp3) is 0.200. The molecule has 0 bridgehead atoms. The fourth-order valence-electron chi connectivity index (χ4n) is 2.72. The minimum Gasteiger partial charge on any atom is -0.319 e. The SMILES string of the molecule is Cc1ccc(Cn2nc(C)c(NC(=O)c3ccccc3Br)c2C)cc1. The van der Waals surface area contributed by atoms with E-state index in [2.05, 4.69) is 57.5 Å². The second kappa shape index (κ2) is 7.23. The van der Waals surface area contributed by atoms with Gasteiger partial charge in [-0.15, -0.1) is 0 Å². The Morgan fingerprint density at radius 2 is 1.76 bits per heavy atom. The molecule has 128 valence electrons. The molecule has 0 aliphatic carbocycles. The van der Waals surface area contributed by atoms with E-state index in [1.807, 2.05) is 36.7 Å². The molecule has 0 aliphatic heterocycles. The lowest BCUT2D eigenvalue weighted by molar-refractivity contribution is 0.102. The molecular weight excluding hydrogens is 378 g/mol. The third kappa shape index (κ3) is 3.82. The number of carbonyl (C=O) groups excluding carboxylic acids is 1. The Hall–Kier alpha value is -2.40. The Kier molecular flexibility index (Phi) is 5.04. The van der Waals surface area contributed by atoms with Crippen molar-refractivity contribution in [2.24, 2.45) is 0 Å². The number of nitrogens with zero attached hydrogens (tertiary/aromatic N) is 2. The van der Waals surface area contributed by atoms with Gasteiger partial charge >= 0.3 is 0 Å². The number of aromatic nitrogens is 2. The molecular formula is C20H20BrN3O. The molecule has 3 rings (SSSR count). The smallest absolute Gasteiger partial charge is 0.256 e. The van der Waals surface area contributed by atoms with Gasteiger partial charge in [0.2, 0.25) is 0 Å². The molecule has 0 unspecified atom stereocenters. The lowest BCUT2D eigenvalue weighted by Gasteiger charge is -2.08. The van der Waals surface area contributed by atoms with Crippen LogP contribution in [0.15, 0.2) is 53.0 Å². The molecule has 0 radical (unpaired) electrons. The summed E-state index contributed by atoms with van der Waals surface area (Å²) in [5.74, 6) is -0.145. The molecule has 25 heavy (non-hydrogen) atoms. The Balaban J connectivity index is 1.83. The highest BCUT2D eigenvalue weighted by molar-refractivity contribution is 9.10. The minimum atomic E-state index is -0.145. The first-order chi connectivity index (χ1) is 12.0. The molecule has 0 saturated carbocycles. The van der Waals surface area contributed by atoms with E-state index in [4.69, 9.17) is 0 Å². The van der Waals surface area contributed by atoms with E-state index in [1.54, 1.807) is 6.07 Å². The summed E-state index contributed by atoms with van der Waals surface area (Å²) in [5.41, 5.74) is 5.54. The maximum Gasteiger partial charge on any atom is 0.256 e. The van der Waals surface area contributed by atoms with E-state index in [0.717, 1.165) is 21.5 Å². The van der Waals surface area contributed by atoms with Crippen LogP contribution in [0.5, 0.6) is 0 Å². The number of nitrogens with one attached hydrogen (secondary N) is 1. The first kappa shape index (κ1) is 17.4. The second-order valence-electron chi connectivity index (χ2n) is 6.12. The van der Waals surface area contributed by atoms with Crippen LogP contribution in [0.4, 0.5) is 5.69 Å². The van der Waals surface area contributed by atoms with Gasteiger partial charge in [-0.2, -0.15) is 5.10 Å². The highest BCUT2D eigenvalue weighted by atomic mass is 79.9. The number of aryl methyl sites for hydroxylation is 2. The van der Waals surface area contributed by atoms with Crippen LogP contribution in [0.1, 0.15) is 32.9 Å². The maximum atomic E-state index is 12.6. The number of anilines is 1. The van der Waals surface area contributed by atoms with Gasteiger partial charge in [0.25, 0.3) is 5.91 Å². The zero-order chi connectivity index (χ0) is 18.0. The summed E-state index contributed by atoms with van der Waals surface area (Å²) >= 11 is 3.42. The third-order valence-corrected chi connectivity index (χ3v) is 4.88. The summed E-state index contributed by atoms with van der Waals surface area (Å²) in [4.78, 5) is 12.6. The normalized spacial score (nSPS) is 10.7. The van der Waals surface area contributed by atoms with Crippen LogP contribution in [0.25, 0.3) is 0 Å². The average Bonchev–Trinajstić information content (AvgIpc) is 2.85. The largest absolute Gasteiger partial charge is 0.319 e. The van der Waals surface area contributed by atoms with Gasteiger partial charge < -0.3 is 5.32 Å². The molecule has 1 heterocycles. The number of hydrogen-bond acceptors (Lipinski definition) is 2. The lowest BCUT2D eigenvalue weighted by Crippen LogP contribution is -2.14. The predicted molar refractivity (Wildman–Crippen MR) is 104 cm³/mol. The number of carbonyl (C=O) groups is 1. The summed E-state index contributed by atoms with van der Waals surface area (Å²) in [7, 11) is 0. The highest BCUT2D eigenvalue weighted by Gasteiger charge is 2.16. The highest BCUT2D eigenvalue weighted by Crippen LogP contribution is 2.23. The number of rotatable bonds is 4. The minimum absolute atomic E-state index is 0.145. The molecule has 1 aromatic heterocycles. The van der Waals surface area contributed by atoms with E-state index in [1.165, 1.54) is 11.1 Å². The van der Waals surface area contributed by atoms with Gasteiger partial charge in [0.05, 0.1) is 29.2 Å². The zero-order valence-electron chi connectivity index (χ0n) is 14.5. The molecule has 0 atom stereocenters. The number of benzene rings is 2. The lowest BCUT2D eigenvalue weighted by atomic mass is 10.1. The molecule has 0 spiro atoms. The van der Waals surface area contributed by atoms with Gasteiger partial charge in [-0.05, 0) is 54.4 Å². The Morgan fingerprint density at radius 3 is 2.44 bits per heavy atom. The Morgan fingerprint density at radius 1 is 1.08 bits per heavy atom. The van der Waals surface area contributed by atoms with Crippen molar-refractivity contribution < 1.29 is 4.79 Å². The number of amides is 1. The van der Waals surface area contributed by atoms with E-state index < -0.39 is 0 Å². The molecule has 2 aromatic carbocycles. The summed E-state index contributed by atoms with van der Waals surface area (Å²) in [6.07, 6.45) is 0. The average molecular weight is 398 g/mol. The summed E-state index contributed by atoms with van der Waals surface area (Å²) in [6.45, 7) is 6.64.